The molecule has 3 aromatic heterocycles. The highest BCUT2D eigenvalue weighted by atomic mass is 32.2. The number of rotatable bonds is 13. The number of hydrogen-bond donors (Lipinski definition) is 4. The molecule has 0 aromatic carbocycles. The first-order valence-electron chi connectivity index (χ1n) is 12.1. The Morgan fingerprint density at radius 1 is 1.45 bits per heavy atom. The maximum atomic E-state index is 13.2. The Morgan fingerprint density at radius 2 is 2.26 bits per heavy atom. The third-order valence-electron chi connectivity index (χ3n) is 6.29. The predicted octanol–water partition coefficient (Wildman–Crippen LogP) is -2.70. The molecule has 0 radical (unpaired) electrons. The lowest BCUT2D eigenvalue weighted by Crippen LogP contribution is -2.71. The lowest BCUT2D eigenvalue weighted by atomic mass is 10.0. The van der Waals surface area contributed by atoms with Gasteiger partial charge in [0.2, 0.25) is 22.8 Å². The molecular weight excluding hydrogens is 617 g/mol. The fourth-order valence-electron chi connectivity index (χ4n) is 4.57. The van der Waals surface area contributed by atoms with E-state index < -0.39 is 60.8 Å². The maximum absolute atomic E-state index is 13.2. The summed E-state index contributed by atoms with van der Waals surface area (Å²) in [5.74, 6) is -2.71. The largest absolute Gasteiger partial charge is 0.543 e. The number of thioether (sulfide) groups is 1. The van der Waals surface area contributed by atoms with E-state index in [0.29, 0.717) is 17.8 Å². The second kappa shape index (κ2) is 12.4. The van der Waals surface area contributed by atoms with Crippen LogP contribution in [0.4, 0.5) is 9.52 Å². The number of nitrogens with one attached hydrogen (secondary N) is 2. The van der Waals surface area contributed by atoms with Crippen LogP contribution in [0.15, 0.2) is 34.2 Å². The van der Waals surface area contributed by atoms with Crippen LogP contribution in [0.2, 0.25) is 0 Å². The molecule has 0 bridgehead atoms. The Morgan fingerprint density at radius 3 is 2.93 bits per heavy atom. The van der Waals surface area contributed by atoms with Gasteiger partial charge >= 0.3 is 0 Å². The van der Waals surface area contributed by atoms with Crippen molar-refractivity contribution in [1.82, 2.24) is 29.3 Å². The molecule has 1 fully saturated rings. The molecule has 3 amide bonds. The van der Waals surface area contributed by atoms with Gasteiger partial charge in [-0.05, 0) is 0 Å². The van der Waals surface area contributed by atoms with Crippen molar-refractivity contribution >= 4 is 74.5 Å². The van der Waals surface area contributed by atoms with Gasteiger partial charge in [-0.1, -0.05) is 16.5 Å². The number of halogens is 1. The number of aliphatic hydroxyl groups is 1. The Hall–Kier alpha value is -4.14. The normalized spacial score (nSPS) is 19.3. The van der Waals surface area contributed by atoms with Crippen LogP contribution < -0.4 is 26.0 Å². The van der Waals surface area contributed by atoms with Gasteiger partial charge in [0, 0.05) is 28.2 Å². The fourth-order valence-corrected chi connectivity index (χ4v) is 7.11. The van der Waals surface area contributed by atoms with Crippen LogP contribution in [0, 0.1) is 0 Å². The molecule has 2 aliphatic heterocycles. The first-order valence-corrected chi connectivity index (χ1v) is 14.8. The fraction of sp³-hybridized carbons (Fsp3) is 0.364. The molecule has 0 aliphatic carbocycles. The SMILES string of the molecule is Nc1nc(/C(=N/OCCF)C(=O)N[C@@H]2C(=O)N3C(C(=O)[O-])=C(C[n+]4cc5sccn5c4[C@H](CO)NC=O)CS[C@H]23)ns1. The van der Waals surface area contributed by atoms with Crippen molar-refractivity contribution in [3.63, 3.8) is 0 Å². The number of thiazole rings is 1. The Kier molecular flexibility index (Phi) is 8.66. The minimum Gasteiger partial charge on any atom is -0.543 e. The van der Waals surface area contributed by atoms with Crippen molar-refractivity contribution in [3.05, 3.63) is 40.7 Å². The molecule has 3 aromatic rings. The van der Waals surface area contributed by atoms with Gasteiger partial charge in [0.15, 0.2) is 11.2 Å². The predicted molar refractivity (Wildman–Crippen MR) is 144 cm³/mol. The average Bonchev–Trinajstić information content (AvgIpc) is 3.69. The number of imidazole rings is 1. The average molecular weight is 640 g/mol. The number of hydrogen-bond acceptors (Lipinski definition) is 14. The number of nitrogens with two attached hydrogens (primary N) is 1. The van der Waals surface area contributed by atoms with Gasteiger partial charge in [-0.3, -0.25) is 19.3 Å². The zero-order valence-electron chi connectivity index (χ0n) is 21.3. The molecule has 1 saturated heterocycles. The summed E-state index contributed by atoms with van der Waals surface area (Å²) in [5, 5.41) is 31.9. The number of nitrogen functional groups attached to an aromatic ring is 1. The van der Waals surface area contributed by atoms with E-state index in [4.69, 9.17) is 10.6 Å². The third kappa shape index (κ3) is 5.40. The van der Waals surface area contributed by atoms with E-state index in [1.54, 1.807) is 21.4 Å². The van der Waals surface area contributed by atoms with Gasteiger partial charge in [0.1, 0.15) is 43.6 Å². The van der Waals surface area contributed by atoms with E-state index in [0.717, 1.165) is 21.3 Å². The number of anilines is 1. The zero-order valence-corrected chi connectivity index (χ0v) is 23.8. The van der Waals surface area contributed by atoms with Crippen LogP contribution >= 0.6 is 34.6 Å². The minimum absolute atomic E-state index is 0.0181. The molecule has 3 atom stereocenters. The number of carbonyl (C=O) groups is 4. The molecule has 2 aliphatic rings. The number of fused-ring (bicyclic) bond motifs is 2. The van der Waals surface area contributed by atoms with E-state index in [1.165, 1.54) is 23.1 Å². The number of carboxylic acid groups (broad SMARTS) is 1. The van der Waals surface area contributed by atoms with Crippen molar-refractivity contribution in [2.45, 2.75) is 24.0 Å². The molecular formula is C22H22FN9O7S3. The number of alkyl halides is 1. The van der Waals surface area contributed by atoms with Gasteiger partial charge in [-0.2, -0.15) is 13.8 Å². The van der Waals surface area contributed by atoms with Crippen LogP contribution in [0.3, 0.4) is 0 Å². The Balaban J connectivity index is 1.39. The molecule has 0 spiro atoms. The molecule has 0 unspecified atom stereocenters. The summed E-state index contributed by atoms with van der Waals surface area (Å²) in [6.45, 7) is -1.69. The molecule has 20 heteroatoms. The van der Waals surface area contributed by atoms with E-state index in [1.807, 2.05) is 5.38 Å². The maximum Gasteiger partial charge on any atom is 0.288 e. The summed E-state index contributed by atoms with van der Waals surface area (Å²) in [6, 6.07) is -1.91. The van der Waals surface area contributed by atoms with Gasteiger partial charge in [-0.15, -0.1) is 11.8 Å². The quantitative estimate of drug-likeness (QED) is 0.0376. The number of carboxylic acids is 1. The highest BCUT2D eigenvalue weighted by molar-refractivity contribution is 8.00. The molecule has 5 rings (SSSR count). The Labute approximate surface area is 247 Å². The molecule has 16 nitrogen and oxygen atoms in total. The van der Waals surface area contributed by atoms with E-state index in [9.17, 15) is 33.8 Å². The summed E-state index contributed by atoms with van der Waals surface area (Å²) in [5.41, 5.74) is 5.18. The number of oxime groups is 1. The summed E-state index contributed by atoms with van der Waals surface area (Å²) < 4.78 is 19.9. The van der Waals surface area contributed by atoms with Crippen LogP contribution in [0.5, 0.6) is 0 Å². The number of β-lactam (4-membered cyclic amide) rings is 1. The minimum atomic E-state index is -1.58. The molecule has 222 valence electrons. The van der Waals surface area contributed by atoms with Crippen molar-refractivity contribution in [1.29, 1.82) is 0 Å². The molecule has 5 N–H and O–H groups in total. The summed E-state index contributed by atoms with van der Waals surface area (Å²) in [4.78, 5) is 60.1. The highest BCUT2D eigenvalue weighted by Crippen LogP contribution is 2.40. The van der Waals surface area contributed by atoms with Gasteiger partial charge < -0.3 is 36.2 Å². The van der Waals surface area contributed by atoms with Crippen LogP contribution in [-0.2, 0) is 30.6 Å². The summed E-state index contributed by atoms with van der Waals surface area (Å²) in [7, 11) is 0. The van der Waals surface area contributed by atoms with Crippen molar-refractivity contribution in [2.24, 2.45) is 5.16 Å². The third-order valence-corrected chi connectivity index (χ3v) is 8.97. The van der Waals surface area contributed by atoms with E-state index >= 15 is 0 Å². The van der Waals surface area contributed by atoms with Gasteiger partial charge in [0.25, 0.3) is 17.6 Å². The zero-order chi connectivity index (χ0) is 30.0. The first-order chi connectivity index (χ1) is 20.3. The second-order valence-electron chi connectivity index (χ2n) is 8.77. The standard InChI is InChI=1S/C22H22FN9O7S3/c23-1-3-39-28-13(16-27-22(24)42-29-16)17(35)26-14-19(36)32-15(21(37)38)10(8-41-20(14)32)5-30-6-12-31(2-4-40-12)18(30)11(7-33)25-9-34/h2,4,6,9,11,14,20,33H,1,3,5,7-8H2,(H4-,24,25,26,27,29,34,35,37,38)/b28-13-/t11-,14+,20+/m0/s1. The van der Waals surface area contributed by atoms with E-state index in [2.05, 4.69) is 25.1 Å². The number of amides is 3. The highest BCUT2D eigenvalue weighted by Gasteiger charge is 2.53. The van der Waals surface area contributed by atoms with Crippen molar-refractivity contribution < 1.29 is 43.2 Å². The van der Waals surface area contributed by atoms with Gasteiger partial charge in [0.05, 0.1) is 18.3 Å². The van der Waals surface area contributed by atoms with Crippen LogP contribution in [-0.4, -0.2) is 90.7 Å². The molecule has 5 heterocycles. The number of aliphatic carboxylic acids is 1. The first kappa shape index (κ1) is 29.4. The lowest BCUT2D eigenvalue weighted by Gasteiger charge is -2.50. The topological polar surface area (TPSA) is 221 Å². The number of carbonyl (C=O) groups excluding carboxylic acids is 4. The van der Waals surface area contributed by atoms with Crippen molar-refractivity contribution in [2.75, 3.05) is 31.4 Å². The molecule has 42 heavy (non-hydrogen) atoms. The lowest BCUT2D eigenvalue weighted by molar-refractivity contribution is -0.696. The summed E-state index contributed by atoms with van der Waals surface area (Å²) in [6.07, 6.45) is 3.96. The van der Waals surface area contributed by atoms with Crippen LogP contribution in [0.25, 0.3) is 4.83 Å². The van der Waals surface area contributed by atoms with E-state index in [-0.39, 0.29) is 29.0 Å². The smallest absolute Gasteiger partial charge is 0.288 e. The Bertz CT molecular complexity index is 1600. The number of aliphatic hydroxyl groups excluding tert-OH is 1. The number of nitrogens with zero attached hydrogens (tertiary/aromatic N) is 6. The van der Waals surface area contributed by atoms with Gasteiger partial charge in [-0.25, -0.2) is 8.96 Å². The summed E-state index contributed by atoms with van der Waals surface area (Å²) >= 11 is 3.41. The van der Waals surface area contributed by atoms with Crippen LogP contribution in [0.1, 0.15) is 17.7 Å². The monoisotopic (exact) mass is 639 g/mol. The number of aromatic nitrogens is 4. The molecule has 0 saturated carbocycles. The van der Waals surface area contributed by atoms with Crippen molar-refractivity contribution in [3.8, 4) is 0 Å². The second-order valence-corrected chi connectivity index (χ2v) is 11.6.